The molecule has 0 aliphatic carbocycles. The van der Waals surface area contributed by atoms with E-state index in [0.29, 0.717) is 17.5 Å². The number of hydrogen-bond donors (Lipinski definition) is 1. The molecule has 0 bridgehead atoms. The standard InChI is InChI=1S/C20H24F2N2O.C19H21F2N3O/c1-5-9-24(6-2)13-23-19-10-15(4)20(11-14(19)3)25-16-7-8-17(21)18(22)12-16;1-12-10-18(25-14-5-6-15(20)16(21)11-14)13(2)9-17(12)23-19(22)24-7-3-4-8-24/h7-8,10-13H,5-6,9H2,1-4H3;5-6,9-11H,3-4,7-8H2,1-2H3,(H2,22,23). The summed E-state index contributed by atoms with van der Waals surface area (Å²) in [5, 5.41) is 0. The number of rotatable bonds is 10. The van der Waals surface area contributed by atoms with Crippen LogP contribution in [0.15, 0.2) is 70.6 Å². The third-order valence-corrected chi connectivity index (χ3v) is 8.17. The zero-order valence-corrected chi connectivity index (χ0v) is 29.5. The number of ether oxygens (including phenoxy) is 2. The smallest absolute Gasteiger partial charge is 0.196 e. The first-order valence-corrected chi connectivity index (χ1v) is 16.7. The summed E-state index contributed by atoms with van der Waals surface area (Å²) in [7, 11) is 0. The van der Waals surface area contributed by atoms with Crippen molar-refractivity contribution in [3.8, 4) is 23.0 Å². The van der Waals surface area contributed by atoms with Gasteiger partial charge in [-0.25, -0.2) is 27.5 Å². The first kappa shape index (κ1) is 37.8. The van der Waals surface area contributed by atoms with Gasteiger partial charge >= 0.3 is 0 Å². The molecule has 0 aromatic heterocycles. The van der Waals surface area contributed by atoms with Crippen molar-refractivity contribution in [3.05, 3.63) is 106 Å². The summed E-state index contributed by atoms with van der Waals surface area (Å²) in [4.78, 5) is 13.3. The van der Waals surface area contributed by atoms with Crippen molar-refractivity contribution in [1.82, 2.24) is 9.80 Å². The van der Waals surface area contributed by atoms with Crippen LogP contribution >= 0.6 is 0 Å². The molecular weight excluding hydrogens is 646 g/mol. The van der Waals surface area contributed by atoms with Crippen LogP contribution < -0.4 is 15.2 Å². The molecule has 0 saturated carbocycles. The number of likely N-dealkylation sites (tertiary alicyclic amines) is 1. The van der Waals surface area contributed by atoms with Crippen LogP contribution in [0, 0.1) is 51.0 Å². The number of aliphatic imine (C=N–C) groups is 2. The Morgan fingerprint density at radius 2 is 1.22 bits per heavy atom. The third kappa shape index (κ3) is 10.2. The summed E-state index contributed by atoms with van der Waals surface area (Å²) in [6, 6.07) is 14.5. The molecule has 1 saturated heterocycles. The van der Waals surface area contributed by atoms with Gasteiger partial charge in [-0.3, -0.25) is 0 Å². The van der Waals surface area contributed by atoms with Crippen LogP contribution in [-0.4, -0.2) is 48.3 Å². The van der Waals surface area contributed by atoms with E-state index in [0.717, 1.165) is 103 Å². The van der Waals surface area contributed by atoms with E-state index in [4.69, 9.17) is 15.2 Å². The fraction of sp³-hybridized carbons (Fsp3) is 0.333. The zero-order chi connectivity index (χ0) is 36.4. The van der Waals surface area contributed by atoms with Crippen molar-refractivity contribution >= 4 is 23.7 Å². The maximum absolute atomic E-state index is 13.3. The lowest BCUT2D eigenvalue weighted by molar-refractivity contribution is 0.452. The summed E-state index contributed by atoms with van der Waals surface area (Å²) in [6.07, 6.45) is 5.20. The molecule has 4 aromatic rings. The third-order valence-electron chi connectivity index (χ3n) is 8.17. The second kappa shape index (κ2) is 17.6. The van der Waals surface area contributed by atoms with E-state index in [1.54, 1.807) is 0 Å². The van der Waals surface area contributed by atoms with Gasteiger partial charge in [0.25, 0.3) is 0 Å². The molecule has 4 aromatic carbocycles. The molecule has 1 aliphatic heterocycles. The van der Waals surface area contributed by atoms with Gasteiger partial charge in [-0.1, -0.05) is 6.92 Å². The normalized spacial score (nSPS) is 13.0. The van der Waals surface area contributed by atoms with Crippen LogP contribution in [0.2, 0.25) is 0 Å². The summed E-state index contributed by atoms with van der Waals surface area (Å²) in [5.74, 6) is -1.46. The van der Waals surface area contributed by atoms with E-state index in [-0.39, 0.29) is 11.5 Å². The first-order chi connectivity index (χ1) is 23.9. The minimum Gasteiger partial charge on any atom is -0.457 e. The molecule has 11 heteroatoms. The Morgan fingerprint density at radius 1 is 0.720 bits per heavy atom. The van der Waals surface area contributed by atoms with Crippen LogP contribution in [0.4, 0.5) is 28.9 Å². The quantitative estimate of drug-likeness (QED) is 0.102. The Morgan fingerprint density at radius 3 is 1.70 bits per heavy atom. The van der Waals surface area contributed by atoms with Gasteiger partial charge in [0.05, 0.1) is 17.7 Å². The molecule has 1 fully saturated rings. The van der Waals surface area contributed by atoms with Crippen molar-refractivity contribution < 1.29 is 27.0 Å². The first-order valence-electron chi connectivity index (χ1n) is 16.7. The lowest BCUT2D eigenvalue weighted by Crippen LogP contribution is -2.34. The van der Waals surface area contributed by atoms with E-state index in [2.05, 4.69) is 33.6 Å². The van der Waals surface area contributed by atoms with Crippen molar-refractivity contribution in [1.29, 1.82) is 0 Å². The average molecular weight is 692 g/mol. The highest BCUT2D eigenvalue weighted by atomic mass is 19.2. The number of guanidine groups is 1. The molecule has 0 unspecified atom stereocenters. The SMILES string of the molecule is CCCN(C=Nc1cc(C)c(Oc2ccc(F)c(F)c2)cc1C)CC.Cc1cc(Oc2ccc(F)c(F)c2)c(C)cc1N=C(N)N1CCCC1. The van der Waals surface area contributed by atoms with E-state index in [1.165, 1.54) is 12.1 Å². The van der Waals surface area contributed by atoms with Gasteiger partial charge in [0, 0.05) is 38.3 Å². The summed E-state index contributed by atoms with van der Waals surface area (Å²) >= 11 is 0. The Kier molecular flexibility index (Phi) is 13.3. The van der Waals surface area contributed by atoms with Crippen molar-refractivity contribution in [2.24, 2.45) is 15.7 Å². The molecule has 0 spiro atoms. The lowest BCUT2D eigenvalue weighted by Gasteiger charge is -2.17. The second-order valence-corrected chi connectivity index (χ2v) is 12.2. The number of nitrogens with zero attached hydrogens (tertiary/aromatic N) is 4. The van der Waals surface area contributed by atoms with Gasteiger partial charge in [0.15, 0.2) is 29.2 Å². The van der Waals surface area contributed by atoms with Gasteiger partial charge in [-0.15, -0.1) is 0 Å². The van der Waals surface area contributed by atoms with Gasteiger partial charge < -0.3 is 25.0 Å². The van der Waals surface area contributed by atoms with Gasteiger partial charge in [0.1, 0.15) is 23.0 Å². The molecule has 2 N–H and O–H groups in total. The molecular formula is C39H45F4N5O2. The average Bonchev–Trinajstić information content (AvgIpc) is 3.63. The van der Waals surface area contributed by atoms with Crippen LogP contribution in [0.1, 0.15) is 55.4 Å². The van der Waals surface area contributed by atoms with Crippen molar-refractivity contribution in [3.63, 3.8) is 0 Å². The number of halogens is 4. The fourth-order valence-electron chi connectivity index (χ4n) is 5.23. The van der Waals surface area contributed by atoms with Crippen molar-refractivity contribution in [2.75, 3.05) is 26.2 Å². The van der Waals surface area contributed by atoms with Gasteiger partial charge in [0.2, 0.25) is 0 Å². The monoisotopic (exact) mass is 691 g/mol. The second-order valence-electron chi connectivity index (χ2n) is 12.2. The maximum atomic E-state index is 13.3. The van der Waals surface area contributed by atoms with E-state index >= 15 is 0 Å². The number of benzene rings is 4. The minimum absolute atomic E-state index is 0.245. The predicted molar refractivity (Wildman–Crippen MR) is 192 cm³/mol. The fourth-order valence-corrected chi connectivity index (χ4v) is 5.23. The van der Waals surface area contributed by atoms with E-state index in [9.17, 15) is 17.6 Å². The molecule has 0 amide bonds. The van der Waals surface area contributed by atoms with Crippen LogP contribution in [-0.2, 0) is 0 Å². The van der Waals surface area contributed by atoms with Gasteiger partial charge in [-0.2, -0.15) is 0 Å². The predicted octanol–water partition coefficient (Wildman–Crippen LogP) is 10.2. The molecule has 266 valence electrons. The number of hydrogen-bond acceptors (Lipinski definition) is 4. The largest absolute Gasteiger partial charge is 0.457 e. The molecule has 50 heavy (non-hydrogen) atoms. The Balaban J connectivity index is 0.000000225. The number of aryl methyl sites for hydroxylation is 4. The molecule has 1 heterocycles. The Hall–Kier alpha value is -5.06. The van der Waals surface area contributed by atoms with Crippen LogP contribution in [0.25, 0.3) is 0 Å². The summed E-state index contributed by atoms with van der Waals surface area (Å²) in [5.41, 5.74) is 11.3. The minimum atomic E-state index is -0.938. The maximum Gasteiger partial charge on any atom is 0.196 e. The van der Waals surface area contributed by atoms with E-state index in [1.807, 2.05) is 58.3 Å². The lowest BCUT2D eigenvalue weighted by atomic mass is 10.1. The van der Waals surface area contributed by atoms with E-state index < -0.39 is 23.3 Å². The molecule has 7 nitrogen and oxygen atoms in total. The molecule has 1 aliphatic rings. The number of nitrogens with two attached hydrogens (primary N) is 1. The topological polar surface area (TPSA) is 75.7 Å². The zero-order valence-electron chi connectivity index (χ0n) is 29.5. The molecule has 0 radical (unpaired) electrons. The summed E-state index contributed by atoms with van der Waals surface area (Å²) in [6.45, 7) is 15.6. The molecule has 5 rings (SSSR count). The highest BCUT2D eigenvalue weighted by Gasteiger charge is 2.15. The van der Waals surface area contributed by atoms with Crippen LogP contribution in [0.5, 0.6) is 23.0 Å². The Bertz CT molecular complexity index is 1840. The molecule has 0 atom stereocenters. The highest BCUT2D eigenvalue weighted by Crippen LogP contribution is 2.33. The van der Waals surface area contributed by atoms with Crippen molar-refractivity contribution in [2.45, 2.75) is 60.8 Å². The van der Waals surface area contributed by atoms with Gasteiger partial charge in [-0.05, 0) is 125 Å². The highest BCUT2D eigenvalue weighted by molar-refractivity contribution is 5.82. The van der Waals surface area contributed by atoms with Crippen LogP contribution in [0.3, 0.4) is 0 Å². The Labute approximate surface area is 292 Å². The summed E-state index contributed by atoms with van der Waals surface area (Å²) < 4.78 is 64.1.